The molecule has 4 aromatic heterocycles. The van der Waals surface area contributed by atoms with Gasteiger partial charge in [0.1, 0.15) is 11.1 Å². The number of likely N-dealkylation sites (tertiary alicyclic amines) is 1. The fourth-order valence-electron chi connectivity index (χ4n) is 5.27. The molecule has 11 heteroatoms. The van der Waals surface area contributed by atoms with Gasteiger partial charge in [-0.1, -0.05) is 0 Å². The van der Waals surface area contributed by atoms with Gasteiger partial charge in [0.25, 0.3) is 5.91 Å². The van der Waals surface area contributed by atoms with Gasteiger partial charge in [-0.05, 0) is 44.9 Å². The van der Waals surface area contributed by atoms with Crippen LogP contribution in [0.1, 0.15) is 32.3 Å². The van der Waals surface area contributed by atoms with E-state index in [4.69, 9.17) is 4.98 Å². The maximum atomic E-state index is 13.5. The van der Waals surface area contributed by atoms with E-state index in [2.05, 4.69) is 20.2 Å². The number of aromatic amines is 1. The molecule has 3 amide bonds. The lowest BCUT2D eigenvalue weighted by Crippen LogP contribution is -2.56. The summed E-state index contributed by atoms with van der Waals surface area (Å²) < 4.78 is 0. The van der Waals surface area contributed by atoms with E-state index in [9.17, 15) is 14.7 Å². The molecule has 6 rings (SSSR count). The number of rotatable bonds is 3. The first kappa shape index (κ1) is 23.3. The second kappa shape index (κ2) is 8.48. The van der Waals surface area contributed by atoms with Crippen molar-refractivity contribution in [3.63, 3.8) is 0 Å². The molecule has 1 saturated heterocycles. The van der Waals surface area contributed by atoms with E-state index in [1.807, 2.05) is 29.3 Å². The molecule has 6 heterocycles. The first-order valence-corrected chi connectivity index (χ1v) is 12.3. The number of hydrogen-bond donors (Lipinski definition) is 2. The minimum Gasteiger partial charge on any atom is -0.381 e. The van der Waals surface area contributed by atoms with Crippen molar-refractivity contribution < 1.29 is 14.7 Å². The molecule has 0 aliphatic carbocycles. The molecule has 2 aliphatic rings. The number of aromatic nitrogens is 5. The van der Waals surface area contributed by atoms with Crippen molar-refractivity contribution in [2.45, 2.75) is 44.9 Å². The number of H-pyrrole nitrogens is 1. The van der Waals surface area contributed by atoms with Crippen molar-refractivity contribution in [1.82, 2.24) is 34.9 Å². The number of anilines is 1. The van der Waals surface area contributed by atoms with Gasteiger partial charge >= 0.3 is 6.03 Å². The Bertz CT molecular complexity index is 1530. The largest absolute Gasteiger partial charge is 0.381 e. The van der Waals surface area contributed by atoms with Crippen molar-refractivity contribution in [1.29, 1.82) is 0 Å². The van der Waals surface area contributed by atoms with Gasteiger partial charge in [-0.25, -0.2) is 14.8 Å². The smallest absolute Gasteiger partial charge is 0.324 e. The molecule has 0 spiro atoms. The second-order valence-electron chi connectivity index (χ2n) is 10.3. The van der Waals surface area contributed by atoms with E-state index in [0.717, 1.165) is 27.9 Å². The highest BCUT2D eigenvalue weighted by atomic mass is 16.3. The molecule has 37 heavy (non-hydrogen) atoms. The summed E-state index contributed by atoms with van der Waals surface area (Å²) >= 11 is 0. The number of hydrogen-bond acceptors (Lipinski definition) is 7. The van der Waals surface area contributed by atoms with Crippen LogP contribution in [0.25, 0.3) is 33.3 Å². The van der Waals surface area contributed by atoms with Gasteiger partial charge in [-0.15, -0.1) is 0 Å². The highest BCUT2D eigenvalue weighted by Gasteiger charge is 2.39. The van der Waals surface area contributed by atoms with Crippen molar-refractivity contribution >= 4 is 39.7 Å². The van der Waals surface area contributed by atoms with E-state index in [-0.39, 0.29) is 18.0 Å². The molecule has 2 aliphatic heterocycles. The van der Waals surface area contributed by atoms with Crippen molar-refractivity contribution in [3.8, 4) is 11.3 Å². The third-order valence-corrected chi connectivity index (χ3v) is 7.17. The Morgan fingerprint density at radius 1 is 1.14 bits per heavy atom. The van der Waals surface area contributed by atoms with Gasteiger partial charge < -0.3 is 14.9 Å². The zero-order chi connectivity index (χ0) is 25.9. The van der Waals surface area contributed by atoms with E-state index in [1.54, 1.807) is 29.2 Å². The summed E-state index contributed by atoms with van der Waals surface area (Å²) in [7, 11) is 1.78. The van der Waals surface area contributed by atoms with Crippen LogP contribution < -0.4 is 4.90 Å². The Morgan fingerprint density at radius 3 is 2.68 bits per heavy atom. The molecule has 0 aromatic carbocycles. The van der Waals surface area contributed by atoms with Gasteiger partial charge in [0.2, 0.25) is 0 Å². The third kappa shape index (κ3) is 3.95. The number of nitrogens with zero attached hydrogens (tertiary/aromatic N) is 7. The number of fused-ring (bicyclic) bond motifs is 4. The van der Waals surface area contributed by atoms with E-state index in [1.165, 1.54) is 13.8 Å². The monoisotopic (exact) mass is 500 g/mol. The first-order valence-electron chi connectivity index (χ1n) is 12.3. The van der Waals surface area contributed by atoms with Crippen LogP contribution in [-0.4, -0.2) is 83.8 Å². The van der Waals surface area contributed by atoms with E-state index in [0.29, 0.717) is 49.2 Å². The van der Waals surface area contributed by atoms with Crippen LogP contribution in [0.5, 0.6) is 0 Å². The molecule has 190 valence electrons. The molecular formula is C26H28N8O3. The van der Waals surface area contributed by atoms with Crippen LogP contribution in [0.3, 0.4) is 0 Å². The predicted octanol–water partition coefficient (Wildman–Crippen LogP) is 2.70. The van der Waals surface area contributed by atoms with Crippen molar-refractivity contribution in [2.24, 2.45) is 0 Å². The van der Waals surface area contributed by atoms with E-state index >= 15 is 0 Å². The van der Waals surface area contributed by atoms with Crippen LogP contribution in [0.15, 0.2) is 36.8 Å². The number of nitrogens with one attached hydrogen (secondary N) is 1. The van der Waals surface area contributed by atoms with Gasteiger partial charge in [0, 0.05) is 55.1 Å². The average molecular weight is 501 g/mol. The molecule has 0 atom stereocenters. The summed E-state index contributed by atoms with van der Waals surface area (Å²) in [5.74, 6) is -0.294. The second-order valence-corrected chi connectivity index (χ2v) is 10.3. The molecule has 2 N–H and O–H groups in total. The Morgan fingerprint density at radius 2 is 1.92 bits per heavy atom. The van der Waals surface area contributed by atoms with E-state index < -0.39 is 5.60 Å². The lowest BCUT2D eigenvalue weighted by molar-refractivity contribution is -0.148. The normalized spacial score (nSPS) is 17.1. The minimum atomic E-state index is -1.42. The lowest BCUT2D eigenvalue weighted by Gasteiger charge is -2.43. The predicted molar refractivity (Wildman–Crippen MR) is 138 cm³/mol. The van der Waals surface area contributed by atoms with Crippen LogP contribution in [-0.2, 0) is 11.3 Å². The van der Waals surface area contributed by atoms with Crippen molar-refractivity contribution in [3.05, 3.63) is 42.4 Å². The number of carbonyl (C=O) groups excluding carboxylic acids is 2. The van der Waals surface area contributed by atoms with Crippen molar-refractivity contribution in [2.75, 3.05) is 25.0 Å². The zero-order valence-electron chi connectivity index (χ0n) is 21.0. The van der Waals surface area contributed by atoms with Gasteiger partial charge in [0.15, 0.2) is 5.65 Å². The Balaban J connectivity index is 1.40. The summed E-state index contributed by atoms with van der Waals surface area (Å²) in [6.07, 6.45) is 6.50. The number of aliphatic hydroxyl groups is 1. The van der Waals surface area contributed by atoms with Gasteiger partial charge in [-0.2, -0.15) is 5.10 Å². The fraction of sp³-hybridized carbons (Fsp3) is 0.385. The highest BCUT2D eigenvalue weighted by Crippen LogP contribution is 2.38. The SMILES string of the molecule is CN1Cc2cnc3ccc(-c4cnc5[nH]ncc5c4)nc3c2N(C2CCN(C(=O)C(C)(C)O)CC2)C1=O. The summed E-state index contributed by atoms with van der Waals surface area (Å²) in [6.45, 7) is 4.38. The summed E-state index contributed by atoms with van der Waals surface area (Å²) in [4.78, 5) is 45.4. The fourth-order valence-corrected chi connectivity index (χ4v) is 5.27. The Kier molecular flexibility index (Phi) is 5.34. The molecule has 0 saturated carbocycles. The molecule has 0 unspecified atom stereocenters. The van der Waals surface area contributed by atoms with Crippen LogP contribution in [0, 0.1) is 0 Å². The molecule has 0 bridgehead atoms. The third-order valence-electron chi connectivity index (χ3n) is 7.17. The summed E-state index contributed by atoms with van der Waals surface area (Å²) in [5.41, 5.74) is 3.94. The first-order chi connectivity index (χ1) is 17.7. The van der Waals surface area contributed by atoms with Gasteiger partial charge in [0.05, 0.1) is 29.6 Å². The molecule has 0 radical (unpaired) electrons. The minimum absolute atomic E-state index is 0.0963. The quantitative estimate of drug-likeness (QED) is 0.442. The standard InChI is InChI=1S/C26H28N8O3/c1-26(2,37)24(35)33-8-6-18(7-9-33)34-22-17(14-32(3)25(34)36)12-27-20-5-4-19(30-21(20)22)15-10-16-13-29-31-23(16)28-11-15/h4-5,10-13,18,37H,6-9,14H2,1-3H3,(H,28,29,31). The molecule has 11 nitrogen and oxygen atoms in total. The summed E-state index contributed by atoms with van der Waals surface area (Å²) in [6, 6.07) is 5.60. The number of urea groups is 1. The van der Waals surface area contributed by atoms with Crippen LogP contribution in [0.2, 0.25) is 0 Å². The lowest BCUT2D eigenvalue weighted by atomic mass is 9.98. The van der Waals surface area contributed by atoms with Crippen LogP contribution >= 0.6 is 0 Å². The molecule has 4 aromatic rings. The maximum absolute atomic E-state index is 13.5. The summed E-state index contributed by atoms with van der Waals surface area (Å²) in [5, 5.41) is 17.9. The van der Waals surface area contributed by atoms with Crippen LogP contribution in [0.4, 0.5) is 10.5 Å². The zero-order valence-corrected chi connectivity index (χ0v) is 21.0. The number of carbonyl (C=O) groups is 2. The topological polar surface area (TPSA) is 131 Å². The number of amides is 3. The maximum Gasteiger partial charge on any atom is 0.324 e. The molecule has 1 fully saturated rings. The average Bonchev–Trinajstić information content (AvgIpc) is 3.36. The Labute approximate surface area is 213 Å². The highest BCUT2D eigenvalue weighted by molar-refractivity contribution is 6.04. The Hall–Kier alpha value is -4.12. The van der Waals surface area contributed by atoms with Gasteiger partial charge in [-0.3, -0.25) is 19.8 Å². The number of piperidine rings is 1. The number of pyridine rings is 3. The molecular weight excluding hydrogens is 472 g/mol.